The minimum Gasteiger partial charge on any atom is -0.478 e. The maximum absolute atomic E-state index is 11.3. The summed E-state index contributed by atoms with van der Waals surface area (Å²) in [6.45, 7) is 3.50. The van der Waals surface area contributed by atoms with Crippen LogP contribution in [-0.2, 0) is 4.79 Å². The van der Waals surface area contributed by atoms with Crippen LogP contribution in [0.3, 0.4) is 0 Å². The number of hydrogen-bond acceptors (Lipinski definition) is 5. The number of amides is 1. The van der Waals surface area contributed by atoms with E-state index in [1.807, 2.05) is 4.90 Å². The number of non-ortho nitro benzene ring substituents is 1. The van der Waals surface area contributed by atoms with Crippen LogP contribution in [0.4, 0.5) is 11.4 Å². The third-order valence-electron chi connectivity index (χ3n) is 3.49. The molecule has 0 aliphatic carbocycles. The van der Waals surface area contributed by atoms with Gasteiger partial charge in [0.15, 0.2) is 0 Å². The molecule has 1 aromatic rings. The number of nitro groups is 1. The van der Waals surface area contributed by atoms with Crippen LogP contribution >= 0.6 is 0 Å². The standard InChI is InChI=1S/C13H15N3O5/c1-9(17)14-4-6-15(7-5-14)12-3-2-10(16(20)21)8-11(12)13(18)19/h2-3,8H,4-7H2,1H3,(H,18,19). The Morgan fingerprint density at radius 1 is 1.24 bits per heavy atom. The van der Waals surface area contributed by atoms with E-state index in [9.17, 15) is 24.8 Å². The van der Waals surface area contributed by atoms with Gasteiger partial charge in [-0.05, 0) is 6.07 Å². The Morgan fingerprint density at radius 2 is 1.86 bits per heavy atom. The van der Waals surface area contributed by atoms with Gasteiger partial charge in [0.2, 0.25) is 5.91 Å². The lowest BCUT2D eigenvalue weighted by atomic mass is 10.1. The Kier molecular flexibility index (Phi) is 4.06. The predicted molar refractivity (Wildman–Crippen MR) is 74.5 cm³/mol. The number of anilines is 1. The van der Waals surface area contributed by atoms with Crippen LogP contribution in [-0.4, -0.2) is 53.0 Å². The lowest BCUT2D eigenvalue weighted by Crippen LogP contribution is -2.48. The largest absolute Gasteiger partial charge is 0.478 e. The molecule has 0 bridgehead atoms. The molecule has 0 aromatic heterocycles. The lowest BCUT2D eigenvalue weighted by Gasteiger charge is -2.36. The number of hydrogen-bond donors (Lipinski definition) is 1. The summed E-state index contributed by atoms with van der Waals surface area (Å²) < 4.78 is 0. The normalized spacial score (nSPS) is 14.9. The molecule has 2 rings (SSSR count). The van der Waals surface area contributed by atoms with Gasteiger partial charge >= 0.3 is 5.97 Å². The zero-order valence-electron chi connectivity index (χ0n) is 11.5. The molecule has 1 fully saturated rings. The molecule has 0 atom stereocenters. The van der Waals surface area contributed by atoms with Gasteiger partial charge in [-0.25, -0.2) is 4.79 Å². The topological polar surface area (TPSA) is 104 Å². The fourth-order valence-electron chi connectivity index (χ4n) is 2.35. The molecule has 1 N–H and O–H groups in total. The molecule has 0 saturated carbocycles. The number of carbonyl (C=O) groups excluding carboxylic acids is 1. The van der Waals surface area contributed by atoms with Crippen LogP contribution in [0.5, 0.6) is 0 Å². The summed E-state index contributed by atoms with van der Waals surface area (Å²) in [5.74, 6) is -1.22. The molecule has 0 radical (unpaired) electrons. The average molecular weight is 293 g/mol. The highest BCUT2D eigenvalue weighted by Crippen LogP contribution is 2.26. The number of carbonyl (C=O) groups is 2. The number of rotatable bonds is 3. The third-order valence-corrected chi connectivity index (χ3v) is 3.49. The van der Waals surface area contributed by atoms with E-state index in [2.05, 4.69) is 0 Å². The van der Waals surface area contributed by atoms with Gasteiger partial charge in [0, 0.05) is 45.2 Å². The Balaban J connectivity index is 2.26. The highest BCUT2D eigenvalue weighted by Gasteiger charge is 2.24. The molecular weight excluding hydrogens is 278 g/mol. The SMILES string of the molecule is CC(=O)N1CCN(c2ccc([N+](=O)[O-])cc2C(=O)O)CC1. The molecule has 1 heterocycles. The van der Waals surface area contributed by atoms with Crippen molar-refractivity contribution in [3.8, 4) is 0 Å². The number of nitrogens with zero attached hydrogens (tertiary/aromatic N) is 3. The second-order valence-corrected chi connectivity index (χ2v) is 4.76. The van der Waals surface area contributed by atoms with Crippen molar-refractivity contribution in [3.63, 3.8) is 0 Å². The number of carboxylic acid groups (broad SMARTS) is 1. The number of carboxylic acids is 1. The number of piperazine rings is 1. The van der Waals surface area contributed by atoms with Crippen LogP contribution in [0.15, 0.2) is 18.2 Å². The van der Waals surface area contributed by atoms with Gasteiger partial charge in [-0.15, -0.1) is 0 Å². The molecule has 8 heteroatoms. The Labute approximate surface area is 120 Å². The Hall–Kier alpha value is -2.64. The van der Waals surface area contributed by atoms with Gasteiger partial charge < -0.3 is 14.9 Å². The first-order valence-electron chi connectivity index (χ1n) is 6.42. The maximum Gasteiger partial charge on any atom is 0.338 e. The van der Waals surface area contributed by atoms with Gasteiger partial charge in [-0.1, -0.05) is 0 Å². The summed E-state index contributed by atoms with van der Waals surface area (Å²) in [7, 11) is 0. The van der Waals surface area contributed by atoms with E-state index in [4.69, 9.17) is 0 Å². The van der Waals surface area contributed by atoms with Gasteiger partial charge in [-0.2, -0.15) is 0 Å². The minimum atomic E-state index is -1.21. The van der Waals surface area contributed by atoms with E-state index in [0.717, 1.165) is 6.07 Å². The van der Waals surface area contributed by atoms with Crippen molar-refractivity contribution in [1.82, 2.24) is 4.90 Å². The molecule has 1 aliphatic heterocycles. The van der Waals surface area contributed by atoms with Crippen molar-refractivity contribution >= 4 is 23.3 Å². The molecule has 0 spiro atoms. The van der Waals surface area contributed by atoms with Gasteiger partial charge in [0.25, 0.3) is 5.69 Å². The third kappa shape index (κ3) is 3.10. The van der Waals surface area contributed by atoms with E-state index in [1.165, 1.54) is 19.1 Å². The second-order valence-electron chi connectivity index (χ2n) is 4.76. The smallest absolute Gasteiger partial charge is 0.338 e. The van der Waals surface area contributed by atoms with E-state index < -0.39 is 10.9 Å². The van der Waals surface area contributed by atoms with E-state index in [0.29, 0.717) is 31.9 Å². The first-order chi connectivity index (χ1) is 9.90. The van der Waals surface area contributed by atoms with Crippen LogP contribution in [0.1, 0.15) is 17.3 Å². The summed E-state index contributed by atoms with van der Waals surface area (Å²) in [5, 5.41) is 20.0. The van der Waals surface area contributed by atoms with Crippen molar-refractivity contribution in [3.05, 3.63) is 33.9 Å². The van der Waals surface area contributed by atoms with Crippen molar-refractivity contribution in [2.45, 2.75) is 6.92 Å². The predicted octanol–water partition coefficient (Wildman–Crippen LogP) is 0.962. The molecule has 1 amide bonds. The number of benzene rings is 1. The number of nitro benzene ring substituents is 1. The quantitative estimate of drug-likeness (QED) is 0.657. The molecule has 8 nitrogen and oxygen atoms in total. The summed E-state index contributed by atoms with van der Waals surface area (Å²) >= 11 is 0. The first-order valence-corrected chi connectivity index (χ1v) is 6.42. The Bertz CT molecular complexity index is 593. The zero-order chi connectivity index (χ0) is 15.6. The highest BCUT2D eigenvalue weighted by molar-refractivity contribution is 5.95. The van der Waals surface area contributed by atoms with Gasteiger partial charge in [-0.3, -0.25) is 14.9 Å². The van der Waals surface area contributed by atoms with E-state index in [-0.39, 0.29) is 17.2 Å². The summed E-state index contributed by atoms with van der Waals surface area (Å²) in [6.07, 6.45) is 0. The molecular formula is C13H15N3O5. The minimum absolute atomic E-state index is 0.0168. The van der Waals surface area contributed by atoms with Crippen LogP contribution in [0, 0.1) is 10.1 Å². The van der Waals surface area contributed by atoms with E-state index in [1.54, 1.807) is 4.90 Å². The zero-order valence-corrected chi connectivity index (χ0v) is 11.5. The monoisotopic (exact) mass is 293 g/mol. The summed E-state index contributed by atoms with van der Waals surface area (Å²) in [6, 6.07) is 3.80. The van der Waals surface area contributed by atoms with Crippen molar-refractivity contribution in [1.29, 1.82) is 0 Å². The lowest BCUT2D eigenvalue weighted by molar-refractivity contribution is -0.384. The van der Waals surface area contributed by atoms with E-state index >= 15 is 0 Å². The Morgan fingerprint density at radius 3 is 2.33 bits per heavy atom. The molecule has 21 heavy (non-hydrogen) atoms. The number of aromatic carboxylic acids is 1. The van der Waals surface area contributed by atoms with Crippen molar-refractivity contribution in [2.24, 2.45) is 0 Å². The van der Waals surface area contributed by atoms with Gasteiger partial charge in [0.05, 0.1) is 16.2 Å². The molecule has 112 valence electrons. The highest BCUT2D eigenvalue weighted by atomic mass is 16.6. The van der Waals surface area contributed by atoms with Crippen LogP contribution < -0.4 is 4.90 Å². The fourth-order valence-corrected chi connectivity index (χ4v) is 2.35. The summed E-state index contributed by atoms with van der Waals surface area (Å²) in [4.78, 5) is 36.2. The first kappa shape index (κ1) is 14.8. The second kappa shape index (κ2) is 5.78. The van der Waals surface area contributed by atoms with Gasteiger partial charge in [0.1, 0.15) is 0 Å². The molecule has 1 aromatic carbocycles. The fraction of sp³-hybridized carbons (Fsp3) is 0.385. The molecule has 1 aliphatic rings. The maximum atomic E-state index is 11.3. The van der Waals surface area contributed by atoms with Crippen LogP contribution in [0.2, 0.25) is 0 Å². The molecule has 0 unspecified atom stereocenters. The summed E-state index contributed by atoms with van der Waals surface area (Å²) in [5.41, 5.74) is 0.0929. The van der Waals surface area contributed by atoms with Crippen molar-refractivity contribution < 1.29 is 19.6 Å². The average Bonchev–Trinajstić information content (AvgIpc) is 2.46. The van der Waals surface area contributed by atoms with Crippen LogP contribution in [0.25, 0.3) is 0 Å². The van der Waals surface area contributed by atoms with Crippen molar-refractivity contribution in [2.75, 3.05) is 31.1 Å². The molecule has 1 saturated heterocycles.